The Labute approximate surface area is 112 Å². The first-order valence-electron chi connectivity index (χ1n) is 6.66. The summed E-state index contributed by atoms with van der Waals surface area (Å²) in [5.41, 5.74) is 0.359. The summed E-state index contributed by atoms with van der Waals surface area (Å²) in [4.78, 5) is 12.1. The van der Waals surface area contributed by atoms with E-state index in [9.17, 15) is 9.90 Å². The van der Waals surface area contributed by atoms with Crippen molar-refractivity contribution in [3.05, 3.63) is 42.0 Å². The summed E-state index contributed by atoms with van der Waals surface area (Å²) < 4.78 is 0. The molecule has 0 spiro atoms. The molecule has 2 aromatic rings. The highest BCUT2D eigenvalue weighted by Gasteiger charge is 2.27. The Kier molecular flexibility index (Phi) is 2.90. The quantitative estimate of drug-likeness (QED) is 0.866. The van der Waals surface area contributed by atoms with Crippen molar-refractivity contribution in [1.29, 1.82) is 0 Å². The van der Waals surface area contributed by atoms with Crippen molar-refractivity contribution in [2.45, 2.75) is 25.8 Å². The molecule has 98 valence electrons. The van der Waals surface area contributed by atoms with Gasteiger partial charge in [-0.3, -0.25) is 4.79 Å². The maximum absolute atomic E-state index is 12.1. The number of aromatic hydroxyl groups is 1. The Morgan fingerprint density at radius 3 is 2.68 bits per heavy atom. The van der Waals surface area contributed by atoms with Crippen molar-refractivity contribution in [3.8, 4) is 5.75 Å². The molecule has 0 aliphatic heterocycles. The Morgan fingerprint density at radius 2 is 1.95 bits per heavy atom. The predicted octanol–water partition coefficient (Wildman–Crippen LogP) is 3.07. The molecular weight excluding hydrogens is 238 g/mol. The Morgan fingerprint density at radius 1 is 1.21 bits per heavy atom. The van der Waals surface area contributed by atoms with E-state index in [1.54, 1.807) is 6.07 Å². The van der Waals surface area contributed by atoms with E-state index >= 15 is 0 Å². The monoisotopic (exact) mass is 255 g/mol. The fourth-order valence-electron chi connectivity index (χ4n) is 2.72. The molecule has 0 saturated heterocycles. The molecule has 0 radical (unpaired) electrons. The number of carbonyl (C=O) groups is 1. The van der Waals surface area contributed by atoms with E-state index in [4.69, 9.17) is 0 Å². The van der Waals surface area contributed by atoms with E-state index in [0.717, 1.165) is 23.6 Å². The number of rotatable bonds is 2. The molecular formula is C16H17NO2. The van der Waals surface area contributed by atoms with Crippen LogP contribution in [0.3, 0.4) is 0 Å². The van der Waals surface area contributed by atoms with Crippen LogP contribution in [-0.2, 0) is 0 Å². The third-order valence-corrected chi connectivity index (χ3v) is 3.85. The summed E-state index contributed by atoms with van der Waals surface area (Å²) >= 11 is 0. The molecule has 1 saturated carbocycles. The van der Waals surface area contributed by atoms with Crippen LogP contribution in [0.25, 0.3) is 10.8 Å². The number of carbonyl (C=O) groups excluding carboxylic acids is 1. The van der Waals surface area contributed by atoms with Crippen LogP contribution in [0.4, 0.5) is 0 Å². The van der Waals surface area contributed by atoms with Crippen molar-refractivity contribution < 1.29 is 9.90 Å². The van der Waals surface area contributed by atoms with Gasteiger partial charge in [0, 0.05) is 11.4 Å². The number of hydrogen-bond donors (Lipinski definition) is 2. The first-order valence-corrected chi connectivity index (χ1v) is 6.66. The second kappa shape index (κ2) is 4.57. The minimum absolute atomic E-state index is 0.0722. The maximum Gasteiger partial charge on any atom is 0.255 e. The highest BCUT2D eigenvalue weighted by atomic mass is 16.3. The second-order valence-corrected chi connectivity index (χ2v) is 5.43. The number of fused-ring (bicyclic) bond motifs is 1. The van der Waals surface area contributed by atoms with Gasteiger partial charge >= 0.3 is 0 Å². The predicted molar refractivity (Wildman–Crippen MR) is 75.3 cm³/mol. The summed E-state index contributed by atoms with van der Waals surface area (Å²) in [7, 11) is 0. The zero-order valence-corrected chi connectivity index (χ0v) is 10.9. The smallest absolute Gasteiger partial charge is 0.255 e. The van der Waals surface area contributed by atoms with E-state index in [-0.39, 0.29) is 17.7 Å². The molecule has 0 atom stereocenters. The Hall–Kier alpha value is -2.03. The van der Waals surface area contributed by atoms with E-state index in [2.05, 4.69) is 12.2 Å². The van der Waals surface area contributed by atoms with Crippen LogP contribution in [0.2, 0.25) is 0 Å². The molecule has 2 aromatic carbocycles. The van der Waals surface area contributed by atoms with Gasteiger partial charge < -0.3 is 10.4 Å². The van der Waals surface area contributed by atoms with Crippen LogP contribution in [0.1, 0.15) is 30.1 Å². The fourth-order valence-corrected chi connectivity index (χ4v) is 2.72. The van der Waals surface area contributed by atoms with Gasteiger partial charge in [0.2, 0.25) is 0 Å². The lowest BCUT2D eigenvalue weighted by Gasteiger charge is -2.33. The van der Waals surface area contributed by atoms with Crippen molar-refractivity contribution in [2.24, 2.45) is 5.92 Å². The molecule has 0 heterocycles. The zero-order valence-electron chi connectivity index (χ0n) is 10.9. The number of benzene rings is 2. The molecule has 3 heteroatoms. The normalized spacial score (nSPS) is 21.9. The average Bonchev–Trinajstić information content (AvgIpc) is 2.37. The van der Waals surface area contributed by atoms with Gasteiger partial charge in [0.15, 0.2) is 0 Å². The summed E-state index contributed by atoms with van der Waals surface area (Å²) in [6.07, 6.45) is 2.06. The molecule has 3 nitrogen and oxygen atoms in total. The molecule has 2 N–H and O–H groups in total. The van der Waals surface area contributed by atoms with Gasteiger partial charge in [-0.25, -0.2) is 0 Å². The number of phenolic OH excluding ortho intramolecular Hbond substituents is 1. The lowest BCUT2D eigenvalue weighted by atomic mass is 9.82. The number of phenols is 1. The summed E-state index contributed by atoms with van der Waals surface area (Å²) in [5, 5.41) is 14.8. The molecule has 0 bridgehead atoms. The largest absolute Gasteiger partial charge is 0.506 e. The van der Waals surface area contributed by atoms with Crippen molar-refractivity contribution in [1.82, 2.24) is 5.32 Å². The molecule has 0 aromatic heterocycles. The van der Waals surface area contributed by atoms with E-state index < -0.39 is 0 Å². The third kappa shape index (κ3) is 2.16. The summed E-state index contributed by atoms with van der Waals surface area (Å²) in [6.45, 7) is 2.18. The van der Waals surface area contributed by atoms with Crippen LogP contribution >= 0.6 is 0 Å². The molecule has 19 heavy (non-hydrogen) atoms. The number of hydrogen-bond acceptors (Lipinski definition) is 2. The van der Waals surface area contributed by atoms with Gasteiger partial charge in [0.25, 0.3) is 5.91 Å². The highest BCUT2D eigenvalue weighted by Crippen LogP contribution is 2.30. The summed E-state index contributed by atoms with van der Waals surface area (Å²) in [5.74, 6) is 0.582. The van der Waals surface area contributed by atoms with Crippen LogP contribution in [0.15, 0.2) is 36.4 Å². The van der Waals surface area contributed by atoms with Crippen LogP contribution < -0.4 is 5.32 Å². The van der Waals surface area contributed by atoms with Gasteiger partial charge in [-0.2, -0.15) is 0 Å². The van der Waals surface area contributed by atoms with Gasteiger partial charge in [-0.05, 0) is 30.2 Å². The Balaban J connectivity index is 1.88. The second-order valence-electron chi connectivity index (χ2n) is 5.43. The topological polar surface area (TPSA) is 49.3 Å². The van der Waals surface area contributed by atoms with Gasteiger partial charge in [-0.15, -0.1) is 0 Å². The van der Waals surface area contributed by atoms with Crippen molar-refractivity contribution >= 4 is 16.7 Å². The molecule has 1 fully saturated rings. The molecule has 3 rings (SSSR count). The summed E-state index contributed by atoms with van der Waals surface area (Å²) in [6, 6.07) is 11.3. The molecule has 1 aliphatic carbocycles. The standard InChI is InChI=1S/C16H17NO2/c1-10-8-12(9-10)17-16(19)14-7-6-11-4-2-3-5-13(11)15(14)18/h2-7,10,12,18H,8-9H2,1H3,(H,17,19). The maximum atomic E-state index is 12.1. The van der Waals surface area contributed by atoms with E-state index in [0.29, 0.717) is 11.5 Å². The van der Waals surface area contributed by atoms with Crippen LogP contribution in [-0.4, -0.2) is 17.1 Å². The zero-order chi connectivity index (χ0) is 13.4. The Bertz CT molecular complexity index is 630. The van der Waals surface area contributed by atoms with Gasteiger partial charge in [-0.1, -0.05) is 37.3 Å². The molecule has 0 unspecified atom stereocenters. The van der Waals surface area contributed by atoms with E-state index in [1.807, 2.05) is 30.3 Å². The van der Waals surface area contributed by atoms with Crippen molar-refractivity contribution in [3.63, 3.8) is 0 Å². The van der Waals surface area contributed by atoms with Crippen LogP contribution in [0, 0.1) is 5.92 Å². The lowest BCUT2D eigenvalue weighted by Crippen LogP contribution is -2.43. The lowest BCUT2D eigenvalue weighted by molar-refractivity contribution is 0.0893. The minimum atomic E-state index is -0.180. The van der Waals surface area contributed by atoms with Gasteiger partial charge in [0.05, 0.1) is 5.56 Å². The third-order valence-electron chi connectivity index (χ3n) is 3.85. The van der Waals surface area contributed by atoms with Crippen LogP contribution in [0.5, 0.6) is 5.75 Å². The molecule has 1 aliphatic rings. The van der Waals surface area contributed by atoms with E-state index in [1.165, 1.54) is 0 Å². The molecule has 1 amide bonds. The first-order chi connectivity index (χ1) is 9.15. The number of amides is 1. The average molecular weight is 255 g/mol. The van der Waals surface area contributed by atoms with Gasteiger partial charge in [0.1, 0.15) is 5.75 Å². The van der Waals surface area contributed by atoms with Crippen molar-refractivity contribution in [2.75, 3.05) is 0 Å². The SMILES string of the molecule is CC1CC(NC(=O)c2ccc3ccccc3c2O)C1. The number of nitrogens with one attached hydrogen (secondary N) is 1. The highest BCUT2D eigenvalue weighted by molar-refractivity contribution is 6.03. The minimum Gasteiger partial charge on any atom is -0.506 e. The fraction of sp³-hybridized carbons (Fsp3) is 0.312. The first kappa shape index (κ1) is 12.0.